The number of nitrogens with zero attached hydrogens (tertiary/aromatic N) is 1. The third-order valence-electron chi connectivity index (χ3n) is 5.38. The summed E-state index contributed by atoms with van der Waals surface area (Å²) in [5, 5.41) is 11.0. The summed E-state index contributed by atoms with van der Waals surface area (Å²) >= 11 is 0. The number of anilines is 1. The molecule has 1 aliphatic rings. The van der Waals surface area contributed by atoms with Crippen LogP contribution in [0.4, 0.5) is 18.9 Å². The highest BCUT2D eigenvalue weighted by molar-refractivity contribution is 6.51. The molecular formula is C24H18F3NO5. The fourth-order valence-electron chi connectivity index (χ4n) is 3.83. The Balaban J connectivity index is 1.91. The minimum atomic E-state index is -4.65. The average Bonchev–Trinajstić information content (AvgIpc) is 3.40. The smallest absolute Gasteiger partial charge is 0.416 e. The van der Waals surface area contributed by atoms with E-state index >= 15 is 0 Å². The van der Waals surface area contributed by atoms with Crippen LogP contribution >= 0.6 is 0 Å². The van der Waals surface area contributed by atoms with Gasteiger partial charge in [0.2, 0.25) is 0 Å². The van der Waals surface area contributed by atoms with Crippen LogP contribution in [0.1, 0.15) is 28.5 Å². The van der Waals surface area contributed by atoms with Gasteiger partial charge in [0, 0.05) is 11.3 Å². The van der Waals surface area contributed by atoms with E-state index in [1.54, 1.807) is 19.1 Å². The summed E-state index contributed by atoms with van der Waals surface area (Å²) < 4.78 is 50.4. The van der Waals surface area contributed by atoms with E-state index in [1.165, 1.54) is 37.6 Å². The van der Waals surface area contributed by atoms with Crippen molar-refractivity contribution >= 4 is 23.1 Å². The second kappa shape index (κ2) is 8.16. The topological polar surface area (TPSA) is 80.0 Å². The number of furan rings is 1. The second-order valence-electron chi connectivity index (χ2n) is 7.42. The summed E-state index contributed by atoms with van der Waals surface area (Å²) in [4.78, 5) is 26.9. The first-order valence-corrected chi connectivity index (χ1v) is 9.80. The van der Waals surface area contributed by atoms with Crippen LogP contribution in [0.3, 0.4) is 0 Å². The van der Waals surface area contributed by atoms with Crippen LogP contribution in [0.2, 0.25) is 0 Å². The molecule has 1 aliphatic heterocycles. The number of aliphatic hydroxyl groups is 1. The zero-order valence-corrected chi connectivity index (χ0v) is 17.5. The highest BCUT2D eigenvalue weighted by Crippen LogP contribution is 2.43. The van der Waals surface area contributed by atoms with Gasteiger partial charge in [-0.15, -0.1) is 0 Å². The Hall–Kier alpha value is -4.01. The Morgan fingerprint density at radius 2 is 1.85 bits per heavy atom. The van der Waals surface area contributed by atoms with Crippen LogP contribution in [0.25, 0.3) is 5.76 Å². The first-order chi connectivity index (χ1) is 15.6. The van der Waals surface area contributed by atoms with Crippen molar-refractivity contribution in [3.63, 3.8) is 0 Å². The van der Waals surface area contributed by atoms with Crippen LogP contribution in [0.15, 0.2) is 70.9 Å². The van der Waals surface area contributed by atoms with Gasteiger partial charge in [-0.1, -0.05) is 6.07 Å². The van der Waals surface area contributed by atoms with E-state index in [0.717, 1.165) is 23.1 Å². The number of rotatable bonds is 4. The Morgan fingerprint density at radius 3 is 2.45 bits per heavy atom. The van der Waals surface area contributed by atoms with Crippen molar-refractivity contribution in [3.8, 4) is 5.75 Å². The Bertz CT molecular complexity index is 1260. The normalized spacial score (nSPS) is 18.1. The molecule has 3 aromatic rings. The standard InChI is InChI=1S/C24H18F3NO5/c1-13-11-14(8-9-17(13)32-2)21(29)19-20(18-7-4-10-33-18)28(23(31)22(19)30)16-6-3-5-15(12-16)24(25,26)27/h3-12,20,29H,1-2H3/b21-19-. The van der Waals surface area contributed by atoms with E-state index in [4.69, 9.17) is 9.15 Å². The lowest BCUT2D eigenvalue weighted by Crippen LogP contribution is -2.29. The maximum absolute atomic E-state index is 13.3. The lowest BCUT2D eigenvalue weighted by atomic mass is 9.98. The monoisotopic (exact) mass is 457 g/mol. The minimum absolute atomic E-state index is 0.110. The van der Waals surface area contributed by atoms with Gasteiger partial charge in [-0.3, -0.25) is 14.5 Å². The van der Waals surface area contributed by atoms with Crippen molar-refractivity contribution in [2.75, 3.05) is 12.0 Å². The zero-order valence-electron chi connectivity index (χ0n) is 17.5. The molecule has 1 saturated heterocycles. The van der Waals surface area contributed by atoms with Gasteiger partial charge in [-0.05, 0) is 61.0 Å². The maximum Gasteiger partial charge on any atom is 0.416 e. The van der Waals surface area contributed by atoms with Crippen molar-refractivity contribution in [3.05, 3.63) is 88.9 Å². The number of ketones is 1. The van der Waals surface area contributed by atoms with Crippen molar-refractivity contribution < 1.29 is 37.0 Å². The van der Waals surface area contributed by atoms with Crippen molar-refractivity contribution in [1.29, 1.82) is 0 Å². The quantitative estimate of drug-likeness (QED) is 0.329. The molecule has 1 atom stereocenters. The van der Waals surface area contributed by atoms with E-state index in [-0.39, 0.29) is 22.6 Å². The summed E-state index contributed by atoms with van der Waals surface area (Å²) in [6.07, 6.45) is -3.34. The van der Waals surface area contributed by atoms with Gasteiger partial charge in [0.1, 0.15) is 23.3 Å². The minimum Gasteiger partial charge on any atom is -0.507 e. The van der Waals surface area contributed by atoms with Crippen molar-refractivity contribution in [2.24, 2.45) is 0 Å². The summed E-state index contributed by atoms with van der Waals surface area (Å²) in [7, 11) is 1.49. The van der Waals surface area contributed by atoms with Gasteiger partial charge in [-0.2, -0.15) is 13.2 Å². The molecule has 33 heavy (non-hydrogen) atoms. The molecule has 1 fully saturated rings. The molecule has 0 spiro atoms. The summed E-state index contributed by atoms with van der Waals surface area (Å²) in [6, 6.07) is 10.5. The Labute approximate surface area is 186 Å². The number of Topliss-reactive ketones (excluding diaryl/α,β-unsaturated/α-hetero) is 1. The number of amides is 1. The number of aryl methyl sites for hydroxylation is 1. The van der Waals surface area contributed by atoms with E-state index in [9.17, 15) is 27.9 Å². The molecule has 1 N–H and O–H groups in total. The molecule has 9 heteroatoms. The molecule has 2 aromatic carbocycles. The molecule has 1 aromatic heterocycles. The van der Waals surface area contributed by atoms with Crippen LogP contribution in [-0.2, 0) is 15.8 Å². The predicted molar refractivity (Wildman–Crippen MR) is 113 cm³/mol. The number of hydrogen-bond acceptors (Lipinski definition) is 5. The number of benzene rings is 2. The molecule has 2 heterocycles. The molecular weight excluding hydrogens is 439 g/mol. The first kappa shape index (κ1) is 22.2. The Morgan fingerprint density at radius 1 is 1.09 bits per heavy atom. The molecule has 1 amide bonds. The van der Waals surface area contributed by atoms with Gasteiger partial charge in [0.05, 0.1) is 24.5 Å². The van der Waals surface area contributed by atoms with Gasteiger partial charge >= 0.3 is 6.18 Å². The largest absolute Gasteiger partial charge is 0.507 e. The third-order valence-corrected chi connectivity index (χ3v) is 5.38. The molecule has 0 bridgehead atoms. The van der Waals surface area contributed by atoms with Crippen molar-refractivity contribution in [1.82, 2.24) is 0 Å². The summed E-state index contributed by atoms with van der Waals surface area (Å²) in [5.74, 6) is -1.94. The lowest BCUT2D eigenvalue weighted by Gasteiger charge is -2.24. The molecule has 1 unspecified atom stereocenters. The molecule has 4 rings (SSSR count). The number of methoxy groups -OCH3 is 1. The first-order valence-electron chi connectivity index (χ1n) is 9.80. The van der Waals surface area contributed by atoms with Gasteiger partial charge in [0.25, 0.3) is 11.7 Å². The highest BCUT2D eigenvalue weighted by atomic mass is 19.4. The number of halogens is 3. The molecule has 0 radical (unpaired) electrons. The van der Waals surface area contributed by atoms with Crippen LogP contribution in [0.5, 0.6) is 5.75 Å². The van der Waals surface area contributed by atoms with Crippen LogP contribution in [-0.4, -0.2) is 23.9 Å². The van der Waals surface area contributed by atoms with E-state index < -0.39 is 35.2 Å². The number of carbonyl (C=O) groups excluding carboxylic acids is 2. The van der Waals surface area contributed by atoms with Gasteiger partial charge in [0.15, 0.2) is 0 Å². The molecule has 0 saturated carbocycles. The van der Waals surface area contributed by atoms with Gasteiger partial charge in [-0.25, -0.2) is 0 Å². The third kappa shape index (κ3) is 3.86. The molecule has 0 aliphatic carbocycles. The van der Waals surface area contributed by atoms with Gasteiger partial charge < -0.3 is 14.3 Å². The highest BCUT2D eigenvalue weighted by Gasteiger charge is 2.48. The number of ether oxygens (including phenoxy) is 1. The predicted octanol–water partition coefficient (Wildman–Crippen LogP) is 5.24. The number of aliphatic hydroxyl groups excluding tert-OH is 1. The Kier molecular flexibility index (Phi) is 5.49. The fraction of sp³-hybridized carbons (Fsp3) is 0.167. The van der Waals surface area contributed by atoms with E-state index in [2.05, 4.69) is 0 Å². The van der Waals surface area contributed by atoms with E-state index in [0.29, 0.717) is 11.3 Å². The summed E-state index contributed by atoms with van der Waals surface area (Å²) in [6.45, 7) is 1.74. The number of alkyl halides is 3. The zero-order chi connectivity index (χ0) is 23.9. The molecule has 170 valence electrons. The van der Waals surface area contributed by atoms with E-state index in [1.807, 2.05) is 0 Å². The van der Waals surface area contributed by atoms with Crippen LogP contribution < -0.4 is 9.64 Å². The second-order valence-corrected chi connectivity index (χ2v) is 7.42. The SMILES string of the molecule is COc1ccc(/C(O)=C2/C(=O)C(=O)N(c3cccc(C(F)(F)F)c3)C2c2ccco2)cc1C. The van der Waals surface area contributed by atoms with Crippen molar-refractivity contribution in [2.45, 2.75) is 19.1 Å². The maximum atomic E-state index is 13.3. The number of carbonyl (C=O) groups is 2. The molecule has 6 nitrogen and oxygen atoms in total. The van der Waals surface area contributed by atoms with Crippen LogP contribution in [0, 0.1) is 6.92 Å². The fourth-order valence-corrected chi connectivity index (χ4v) is 3.83. The lowest BCUT2D eigenvalue weighted by molar-refractivity contribution is -0.137. The summed E-state index contributed by atoms with van der Waals surface area (Å²) in [5.41, 5.74) is -0.517. The average molecular weight is 457 g/mol. The number of hydrogen-bond donors (Lipinski definition) is 1.